The highest BCUT2D eigenvalue weighted by atomic mass is 79.9. The molecular formula is C10H14BrN3O. The Morgan fingerprint density at radius 1 is 1.67 bits per heavy atom. The van der Waals surface area contributed by atoms with Crippen molar-refractivity contribution in [2.45, 2.75) is 31.0 Å². The highest BCUT2D eigenvalue weighted by Gasteiger charge is 2.30. The average Bonchev–Trinajstić information content (AvgIpc) is 2.71. The number of rotatable bonds is 2. The fraction of sp³-hybridized carbons (Fsp3) is 0.600. The predicted molar refractivity (Wildman–Crippen MR) is 62.4 cm³/mol. The van der Waals surface area contributed by atoms with E-state index >= 15 is 0 Å². The number of alkyl halides is 1. The Labute approximate surface area is 97.2 Å². The molecule has 0 saturated carbocycles. The number of aromatic amines is 1. The number of carbonyl (C=O) groups excluding carboxylic acids is 1. The molecule has 0 spiro atoms. The van der Waals surface area contributed by atoms with Gasteiger partial charge in [0.25, 0.3) is 0 Å². The van der Waals surface area contributed by atoms with Gasteiger partial charge >= 0.3 is 0 Å². The van der Waals surface area contributed by atoms with Crippen LogP contribution >= 0.6 is 15.9 Å². The van der Waals surface area contributed by atoms with E-state index < -0.39 is 0 Å². The molecule has 1 aromatic heterocycles. The quantitative estimate of drug-likeness (QED) is 0.837. The maximum absolute atomic E-state index is 11.6. The van der Waals surface area contributed by atoms with Crippen LogP contribution in [0.1, 0.15) is 31.9 Å². The van der Waals surface area contributed by atoms with Gasteiger partial charge in [0.15, 0.2) is 5.82 Å². The largest absolute Gasteiger partial charge is 0.294 e. The molecule has 2 rings (SSSR count). The molecule has 1 amide bonds. The van der Waals surface area contributed by atoms with Crippen molar-refractivity contribution in [1.29, 1.82) is 0 Å². The lowest BCUT2D eigenvalue weighted by Crippen LogP contribution is -2.24. The Kier molecular flexibility index (Phi) is 2.82. The minimum atomic E-state index is 0.138. The second-order valence-corrected chi connectivity index (χ2v) is 5.44. The topological polar surface area (TPSA) is 49.0 Å². The summed E-state index contributed by atoms with van der Waals surface area (Å²) in [6.07, 6.45) is 0.559. The van der Waals surface area contributed by atoms with Crippen LogP contribution in [0.5, 0.6) is 0 Å². The summed E-state index contributed by atoms with van der Waals surface area (Å²) in [6, 6.07) is 1.95. The standard InChI is InChI=1S/C10H14BrN3O/c1-6(2)8-4-9(13-12-8)14-5-7(11)3-10(14)15/h4,6-7H,3,5H2,1-2H3,(H,12,13). The third-order valence-electron chi connectivity index (χ3n) is 2.56. The molecule has 0 radical (unpaired) electrons. The number of hydrogen-bond acceptors (Lipinski definition) is 2. The van der Waals surface area contributed by atoms with Crippen molar-refractivity contribution in [1.82, 2.24) is 10.2 Å². The number of H-pyrrole nitrogens is 1. The minimum absolute atomic E-state index is 0.138. The Balaban J connectivity index is 2.19. The smallest absolute Gasteiger partial charge is 0.229 e. The van der Waals surface area contributed by atoms with E-state index in [0.29, 0.717) is 18.9 Å². The summed E-state index contributed by atoms with van der Waals surface area (Å²) in [5, 5.41) is 7.12. The number of amides is 1. The van der Waals surface area contributed by atoms with E-state index in [2.05, 4.69) is 40.0 Å². The molecule has 1 saturated heterocycles. The number of hydrogen-bond donors (Lipinski definition) is 1. The second kappa shape index (κ2) is 3.96. The highest BCUT2D eigenvalue weighted by Crippen LogP contribution is 2.25. The van der Waals surface area contributed by atoms with E-state index in [1.54, 1.807) is 4.90 Å². The number of nitrogens with zero attached hydrogens (tertiary/aromatic N) is 2. The zero-order valence-corrected chi connectivity index (χ0v) is 10.4. The van der Waals surface area contributed by atoms with Crippen LogP contribution in [0.2, 0.25) is 0 Å². The van der Waals surface area contributed by atoms with Gasteiger partial charge in [0, 0.05) is 29.6 Å². The molecule has 1 aliphatic heterocycles. The lowest BCUT2D eigenvalue weighted by Gasteiger charge is -2.11. The zero-order valence-electron chi connectivity index (χ0n) is 8.83. The number of halogens is 1. The van der Waals surface area contributed by atoms with E-state index in [9.17, 15) is 4.79 Å². The number of anilines is 1. The van der Waals surface area contributed by atoms with Crippen LogP contribution < -0.4 is 4.90 Å². The van der Waals surface area contributed by atoms with E-state index in [-0.39, 0.29) is 10.7 Å². The average molecular weight is 272 g/mol. The predicted octanol–water partition coefficient (Wildman–Crippen LogP) is 2.03. The molecule has 1 atom stereocenters. The van der Waals surface area contributed by atoms with Crippen LogP contribution in [-0.4, -0.2) is 27.5 Å². The van der Waals surface area contributed by atoms with Crippen molar-refractivity contribution in [3.8, 4) is 0 Å². The van der Waals surface area contributed by atoms with Gasteiger partial charge in [-0.05, 0) is 5.92 Å². The van der Waals surface area contributed by atoms with E-state index in [0.717, 1.165) is 11.5 Å². The molecular weight excluding hydrogens is 258 g/mol. The molecule has 5 heteroatoms. The summed E-state index contributed by atoms with van der Waals surface area (Å²) in [7, 11) is 0. The van der Waals surface area contributed by atoms with Crippen molar-refractivity contribution in [3.05, 3.63) is 11.8 Å². The highest BCUT2D eigenvalue weighted by molar-refractivity contribution is 9.09. The lowest BCUT2D eigenvalue weighted by atomic mass is 10.1. The first-order valence-corrected chi connectivity index (χ1v) is 5.99. The summed E-state index contributed by atoms with van der Waals surface area (Å²) >= 11 is 3.45. The Bertz CT molecular complexity index is 374. The molecule has 4 nitrogen and oxygen atoms in total. The van der Waals surface area contributed by atoms with Gasteiger partial charge in [0.05, 0.1) is 0 Å². The Morgan fingerprint density at radius 3 is 2.87 bits per heavy atom. The lowest BCUT2D eigenvalue weighted by molar-refractivity contribution is -0.117. The van der Waals surface area contributed by atoms with E-state index in [1.165, 1.54) is 0 Å². The van der Waals surface area contributed by atoms with Gasteiger partial charge in [-0.25, -0.2) is 0 Å². The first-order chi connectivity index (χ1) is 7.08. The summed E-state index contributed by atoms with van der Waals surface area (Å²) in [5.41, 5.74) is 1.07. The van der Waals surface area contributed by atoms with Gasteiger partial charge in [-0.15, -0.1) is 0 Å². The van der Waals surface area contributed by atoms with Crippen molar-refractivity contribution >= 4 is 27.7 Å². The summed E-state index contributed by atoms with van der Waals surface area (Å²) in [5.74, 6) is 1.29. The fourth-order valence-corrected chi connectivity index (χ4v) is 2.21. The molecule has 0 aromatic carbocycles. The molecule has 2 heterocycles. The van der Waals surface area contributed by atoms with Crippen LogP contribution in [-0.2, 0) is 4.79 Å². The van der Waals surface area contributed by atoms with Gasteiger partial charge in [0.1, 0.15) is 0 Å². The maximum Gasteiger partial charge on any atom is 0.229 e. The monoisotopic (exact) mass is 271 g/mol. The van der Waals surface area contributed by atoms with Crippen LogP contribution in [0, 0.1) is 0 Å². The van der Waals surface area contributed by atoms with Gasteiger partial charge in [0.2, 0.25) is 5.91 Å². The second-order valence-electron chi connectivity index (χ2n) is 4.14. The van der Waals surface area contributed by atoms with Crippen LogP contribution in [0.4, 0.5) is 5.82 Å². The fourth-order valence-electron chi connectivity index (χ4n) is 1.64. The summed E-state index contributed by atoms with van der Waals surface area (Å²) in [6.45, 7) is 4.90. The van der Waals surface area contributed by atoms with Crippen molar-refractivity contribution in [3.63, 3.8) is 0 Å². The van der Waals surface area contributed by atoms with Gasteiger partial charge < -0.3 is 0 Å². The molecule has 82 valence electrons. The number of aromatic nitrogens is 2. The molecule has 1 aromatic rings. The van der Waals surface area contributed by atoms with Crippen LogP contribution in [0.3, 0.4) is 0 Å². The zero-order chi connectivity index (χ0) is 11.0. The number of nitrogens with one attached hydrogen (secondary N) is 1. The van der Waals surface area contributed by atoms with Gasteiger partial charge in [-0.1, -0.05) is 29.8 Å². The van der Waals surface area contributed by atoms with Crippen molar-refractivity contribution < 1.29 is 4.79 Å². The molecule has 1 aliphatic rings. The van der Waals surface area contributed by atoms with Crippen molar-refractivity contribution in [2.24, 2.45) is 0 Å². The third-order valence-corrected chi connectivity index (χ3v) is 3.17. The first kappa shape index (κ1) is 10.7. The molecule has 0 aliphatic carbocycles. The van der Waals surface area contributed by atoms with Gasteiger partial charge in [-0.2, -0.15) is 5.10 Å². The normalized spacial score (nSPS) is 21.7. The molecule has 1 N–H and O–H groups in total. The first-order valence-electron chi connectivity index (χ1n) is 5.07. The van der Waals surface area contributed by atoms with E-state index in [1.807, 2.05) is 6.07 Å². The molecule has 1 fully saturated rings. The van der Waals surface area contributed by atoms with E-state index in [4.69, 9.17) is 0 Å². The Morgan fingerprint density at radius 2 is 2.40 bits per heavy atom. The molecule has 0 bridgehead atoms. The molecule has 1 unspecified atom stereocenters. The summed E-state index contributed by atoms with van der Waals surface area (Å²) < 4.78 is 0. The SMILES string of the molecule is CC(C)c1cc(N2CC(Br)CC2=O)n[nH]1. The van der Waals surface area contributed by atoms with Crippen molar-refractivity contribution in [2.75, 3.05) is 11.4 Å². The van der Waals surface area contributed by atoms with Crippen LogP contribution in [0.25, 0.3) is 0 Å². The molecule has 15 heavy (non-hydrogen) atoms. The van der Waals surface area contributed by atoms with Gasteiger partial charge in [-0.3, -0.25) is 14.8 Å². The number of carbonyl (C=O) groups is 1. The Hall–Kier alpha value is -0.840. The van der Waals surface area contributed by atoms with Crippen LogP contribution in [0.15, 0.2) is 6.07 Å². The minimum Gasteiger partial charge on any atom is -0.294 e. The summed E-state index contributed by atoms with van der Waals surface area (Å²) in [4.78, 5) is 13.6. The third kappa shape index (κ3) is 2.07. The maximum atomic E-state index is 11.6.